The van der Waals surface area contributed by atoms with Gasteiger partial charge in [-0.15, -0.1) is 0 Å². The van der Waals surface area contributed by atoms with Crippen LogP contribution in [0.1, 0.15) is 0 Å². The van der Waals surface area contributed by atoms with Gasteiger partial charge in [-0.1, -0.05) is 22.7 Å². The second-order valence-electron chi connectivity index (χ2n) is 3.55. The van der Waals surface area contributed by atoms with E-state index in [1.54, 1.807) is 36.3 Å². The molecule has 0 aliphatic carbocycles. The topological polar surface area (TPSA) is 83.1 Å². The van der Waals surface area contributed by atoms with E-state index in [2.05, 4.69) is 29.9 Å². The van der Waals surface area contributed by atoms with Gasteiger partial charge in [-0.05, 0) is 0 Å². The molecule has 0 bridgehead atoms. The van der Waals surface area contributed by atoms with Crippen LogP contribution in [0.25, 0.3) is 31.2 Å². The Hall–Kier alpha value is -2.06. The number of fused-ring (bicyclic) bond motifs is 1. The molecule has 0 unspecified atom stereocenters. The largest absolute Gasteiger partial charge is 0.343 e. The molecule has 0 fully saturated rings. The lowest BCUT2D eigenvalue weighted by Gasteiger charge is -1.87. The number of hydrogen-bond donors (Lipinski definition) is 2. The summed E-state index contributed by atoms with van der Waals surface area (Å²) < 4.78 is 0. The summed E-state index contributed by atoms with van der Waals surface area (Å²) in [5.74, 6) is 0.785. The molecule has 88 valence electrons. The number of aromatic nitrogens is 6. The molecule has 4 heterocycles. The Balaban J connectivity index is 1.82. The SMILES string of the molecule is c1c[nH]c(-c2nc3sc(-c4cnc[nH]4)nc3s2)n1. The van der Waals surface area contributed by atoms with Gasteiger partial charge in [0.25, 0.3) is 0 Å². The quantitative estimate of drug-likeness (QED) is 0.588. The van der Waals surface area contributed by atoms with E-state index in [9.17, 15) is 0 Å². The lowest BCUT2D eigenvalue weighted by Crippen LogP contribution is -1.76. The molecule has 0 amide bonds. The minimum Gasteiger partial charge on any atom is -0.343 e. The summed E-state index contributed by atoms with van der Waals surface area (Å²) in [6.07, 6.45) is 6.91. The molecular formula is C10H6N6S2. The van der Waals surface area contributed by atoms with Gasteiger partial charge in [0.2, 0.25) is 0 Å². The van der Waals surface area contributed by atoms with Crippen molar-refractivity contribution in [3.05, 3.63) is 24.9 Å². The third-order valence-electron chi connectivity index (χ3n) is 2.41. The molecule has 0 atom stereocenters. The summed E-state index contributed by atoms with van der Waals surface area (Å²) in [5, 5.41) is 1.78. The Morgan fingerprint density at radius 2 is 1.83 bits per heavy atom. The minimum absolute atomic E-state index is 0.785. The summed E-state index contributed by atoms with van der Waals surface area (Å²) in [6, 6.07) is 0. The van der Waals surface area contributed by atoms with Crippen molar-refractivity contribution in [3.63, 3.8) is 0 Å². The lowest BCUT2D eigenvalue weighted by molar-refractivity contribution is 1.29. The highest BCUT2D eigenvalue weighted by Gasteiger charge is 2.14. The fraction of sp³-hybridized carbons (Fsp3) is 0. The van der Waals surface area contributed by atoms with Gasteiger partial charge >= 0.3 is 0 Å². The fourth-order valence-corrected chi connectivity index (χ4v) is 3.59. The van der Waals surface area contributed by atoms with E-state index in [4.69, 9.17) is 0 Å². The molecule has 8 heteroatoms. The molecule has 4 rings (SSSR count). The van der Waals surface area contributed by atoms with Gasteiger partial charge in [-0.25, -0.2) is 19.9 Å². The average Bonchev–Trinajstić information content (AvgIpc) is 3.13. The number of thiazole rings is 2. The van der Waals surface area contributed by atoms with Crippen molar-refractivity contribution in [2.24, 2.45) is 0 Å². The van der Waals surface area contributed by atoms with Crippen LogP contribution in [0.2, 0.25) is 0 Å². The average molecular weight is 274 g/mol. The smallest absolute Gasteiger partial charge is 0.166 e. The fourth-order valence-electron chi connectivity index (χ4n) is 1.61. The van der Waals surface area contributed by atoms with E-state index in [0.29, 0.717) is 0 Å². The van der Waals surface area contributed by atoms with Crippen LogP contribution in [-0.2, 0) is 0 Å². The van der Waals surface area contributed by atoms with Gasteiger partial charge in [0.1, 0.15) is 5.01 Å². The first-order valence-electron chi connectivity index (χ1n) is 5.16. The van der Waals surface area contributed by atoms with Crippen LogP contribution in [-0.4, -0.2) is 29.9 Å². The zero-order valence-corrected chi connectivity index (χ0v) is 10.5. The third kappa shape index (κ3) is 1.46. The number of nitrogens with one attached hydrogen (secondary N) is 2. The normalized spacial score (nSPS) is 11.3. The lowest BCUT2D eigenvalue weighted by atomic mass is 10.5. The summed E-state index contributed by atoms with van der Waals surface area (Å²) in [6.45, 7) is 0. The van der Waals surface area contributed by atoms with Crippen LogP contribution in [0.5, 0.6) is 0 Å². The number of aromatic amines is 2. The number of imidazole rings is 2. The van der Waals surface area contributed by atoms with E-state index in [0.717, 1.165) is 31.2 Å². The zero-order valence-electron chi connectivity index (χ0n) is 8.91. The highest BCUT2D eigenvalue weighted by atomic mass is 32.1. The van der Waals surface area contributed by atoms with Crippen LogP contribution in [0, 0.1) is 0 Å². The van der Waals surface area contributed by atoms with Crippen molar-refractivity contribution in [1.82, 2.24) is 29.9 Å². The van der Waals surface area contributed by atoms with Crippen LogP contribution in [0.3, 0.4) is 0 Å². The standard InChI is InChI=1S/C10H6N6S2/c1-2-13-6(12-1)8-16-10-9(18-8)15-7(17-10)5-3-11-4-14-5/h1-4H,(H,11,14)(H,12,13). The van der Waals surface area contributed by atoms with Gasteiger partial charge < -0.3 is 9.97 Å². The first kappa shape index (κ1) is 9.92. The van der Waals surface area contributed by atoms with Crippen LogP contribution in [0.15, 0.2) is 24.9 Å². The van der Waals surface area contributed by atoms with Crippen molar-refractivity contribution in [2.75, 3.05) is 0 Å². The maximum absolute atomic E-state index is 4.55. The molecule has 0 saturated carbocycles. The Bertz CT molecular complexity index is 685. The van der Waals surface area contributed by atoms with E-state index >= 15 is 0 Å². The molecule has 18 heavy (non-hydrogen) atoms. The number of nitrogens with zero attached hydrogens (tertiary/aromatic N) is 4. The van der Waals surface area contributed by atoms with Gasteiger partial charge in [-0.3, -0.25) is 0 Å². The Morgan fingerprint density at radius 3 is 2.56 bits per heavy atom. The molecule has 0 aliphatic heterocycles. The van der Waals surface area contributed by atoms with E-state index in [-0.39, 0.29) is 0 Å². The van der Waals surface area contributed by atoms with E-state index < -0.39 is 0 Å². The van der Waals surface area contributed by atoms with Crippen LogP contribution >= 0.6 is 22.7 Å². The van der Waals surface area contributed by atoms with Crippen molar-refractivity contribution >= 4 is 32.3 Å². The molecule has 0 aliphatic rings. The third-order valence-corrected chi connectivity index (χ3v) is 4.47. The number of rotatable bonds is 2. The maximum Gasteiger partial charge on any atom is 0.166 e. The van der Waals surface area contributed by atoms with E-state index in [1.165, 1.54) is 11.3 Å². The van der Waals surface area contributed by atoms with Crippen LogP contribution < -0.4 is 0 Å². The first-order chi connectivity index (χ1) is 8.90. The second-order valence-corrected chi connectivity index (χ2v) is 5.51. The molecule has 0 radical (unpaired) electrons. The number of H-pyrrole nitrogens is 2. The molecular weight excluding hydrogens is 268 g/mol. The molecule has 0 saturated heterocycles. The van der Waals surface area contributed by atoms with Gasteiger partial charge in [0.05, 0.1) is 18.2 Å². The van der Waals surface area contributed by atoms with Crippen LogP contribution in [0.4, 0.5) is 0 Å². The molecule has 4 aromatic heterocycles. The van der Waals surface area contributed by atoms with E-state index in [1.807, 2.05) is 0 Å². The summed E-state index contributed by atoms with van der Waals surface area (Å²) in [4.78, 5) is 25.2. The summed E-state index contributed by atoms with van der Waals surface area (Å²) >= 11 is 3.08. The Labute approximate surface area is 109 Å². The summed E-state index contributed by atoms with van der Waals surface area (Å²) in [5.41, 5.74) is 0.921. The highest BCUT2D eigenvalue weighted by Crippen LogP contribution is 2.34. The first-order valence-corrected chi connectivity index (χ1v) is 6.79. The van der Waals surface area contributed by atoms with Crippen molar-refractivity contribution in [3.8, 4) is 21.5 Å². The molecule has 2 N–H and O–H groups in total. The monoisotopic (exact) mass is 274 g/mol. The Morgan fingerprint density at radius 1 is 1.00 bits per heavy atom. The predicted molar refractivity (Wildman–Crippen MR) is 70.5 cm³/mol. The molecule has 0 aromatic carbocycles. The van der Waals surface area contributed by atoms with Crippen molar-refractivity contribution < 1.29 is 0 Å². The van der Waals surface area contributed by atoms with Gasteiger partial charge in [0, 0.05) is 12.4 Å². The second kappa shape index (κ2) is 3.72. The van der Waals surface area contributed by atoms with Gasteiger partial charge in [0.15, 0.2) is 20.5 Å². The molecule has 4 aromatic rings. The van der Waals surface area contributed by atoms with Gasteiger partial charge in [-0.2, -0.15) is 0 Å². The minimum atomic E-state index is 0.785. The number of hydrogen-bond acceptors (Lipinski definition) is 6. The van der Waals surface area contributed by atoms with Crippen molar-refractivity contribution in [2.45, 2.75) is 0 Å². The maximum atomic E-state index is 4.55. The summed E-state index contributed by atoms with van der Waals surface area (Å²) in [7, 11) is 0. The Kier molecular flexibility index (Phi) is 2.05. The highest BCUT2D eigenvalue weighted by molar-refractivity contribution is 7.29. The molecule has 0 spiro atoms. The van der Waals surface area contributed by atoms with Crippen molar-refractivity contribution in [1.29, 1.82) is 0 Å². The predicted octanol–water partition coefficient (Wildman–Crippen LogP) is 2.53. The zero-order chi connectivity index (χ0) is 11.9. The molecule has 6 nitrogen and oxygen atoms in total.